The molecule has 0 spiro atoms. The maximum atomic E-state index is 12.0. The molecule has 0 amide bonds. The van der Waals surface area contributed by atoms with Gasteiger partial charge in [-0.05, 0) is 38.5 Å². The van der Waals surface area contributed by atoms with Crippen LogP contribution < -0.4 is 0 Å². The van der Waals surface area contributed by atoms with Crippen molar-refractivity contribution in [1.82, 2.24) is 0 Å². The van der Waals surface area contributed by atoms with E-state index in [1.807, 2.05) is 0 Å². The first-order chi connectivity index (χ1) is 31.9. The number of hydrogen-bond donors (Lipinski definition) is 10. The Bertz CT molecular complexity index is 1380. The lowest BCUT2D eigenvalue weighted by Crippen LogP contribution is -2.64. The molecule has 3 saturated heterocycles. The first-order valence-corrected chi connectivity index (χ1v) is 24.5. The SMILES string of the molecule is CCCCCC(CCCC(O)C(O)CCCCCCCCCCCCCC(O)C(=O)O)OC1OCC(OC(C)=O)C(O)C1OC1OCC(O)C(O)C1OC1OC(COC(C)=O)C(O)C(O)C1O. The summed E-state index contributed by atoms with van der Waals surface area (Å²) in [5.74, 6) is -2.59. The number of unbranched alkanes of at least 4 members (excludes halogenated alkanes) is 12. The van der Waals surface area contributed by atoms with E-state index in [1.165, 1.54) is 0 Å². The van der Waals surface area contributed by atoms with Crippen molar-refractivity contribution in [2.75, 3.05) is 19.8 Å². The maximum Gasteiger partial charge on any atom is 0.332 e. The molecule has 0 radical (unpaired) electrons. The Morgan fingerprint density at radius 3 is 1.67 bits per heavy atom. The van der Waals surface area contributed by atoms with Crippen molar-refractivity contribution in [2.45, 2.75) is 254 Å². The summed E-state index contributed by atoms with van der Waals surface area (Å²) in [7, 11) is 0. The smallest absolute Gasteiger partial charge is 0.332 e. The molecule has 17 atom stereocenters. The van der Waals surface area contributed by atoms with Crippen molar-refractivity contribution >= 4 is 17.9 Å². The largest absolute Gasteiger partial charge is 0.479 e. The van der Waals surface area contributed by atoms with E-state index < -0.39 is 135 Å². The van der Waals surface area contributed by atoms with Gasteiger partial charge in [-0.15, -0.1) is 0 Å². The van der Waals surface area contributed by atoms with E-state index in [0.29, 0.717) is 38.5 Å². The predicted octanol–water partition coefficient (Wildman–Crippen LogP) is 1.23. The van der Waals surface area contributed by atoms with Crippen LogP contribution in [-0.2, 0) is 52.3 Å². The zero-order chi connectivity index (χ0) is 49.5. The fourth-order valence-electron chi connectivity index (χ4n) is 8.48. The predicted molar refractivity (Wildman–Crippen MR) is 235 cm³/mol. The molecular formula is C46H82O21. The second-order valence-corrected chi connectivity index (χ2v) is 18.3. The number of aliphatic hydroxyl groups excluding tert-OH is 9. The Morgan fingerprint density at radius 2 is 1.09 bits per heavy atom. The van der Waals surface area contributed by atoms with Crippen molar-refractivity contribution in [3.63, 3.8) is 0 Å². The number of hydrogen-bond acceptors (Lipinski definition) is 20. The van der Waals surface area contributed by atoms with Crippen LogP contribution >= 0.6 is 0 Å². The summed E-state index contributed by atoms with van der Waals surface area (Å²) in [6.07, 6.45) is -8.29. The van der Waals surface area contributed by atoms with Gasteiger partial charge in [-0.25, -0.2) is 4.79 Å². The molecule has 0 saturated carbocycles. The molecule has 67 heavy (non-hydrogen) atoms. The topological polar surface area (TPSA) is 327 Å². The van der Waals surface area contributed by atoms with Crippen LogP contribution in [0.25, 0.3) is 0 Å². The molecule has 3 aliphatic rings. The first-order valence-electron chi connectivity index (χ1n) is 24.5. The lowest BCUT2D eigenvalue weighted by molar-refractivity contribution is -0.380. The van der Waals surface area contributed by atoms with Gasteiger partial charge in [0, 0.05) is 13.8 Å². The summed E-state index contributed by atoms with van der Waals surface area (Å²) in [6.45, 7) is 3.06. The van der Waals surface area contributed by atoms with Gasteiger partial charge in [-0.1, -0.05) is 96.8 Å². The van der Waals surface area contributed by atoms with Gasteiger partial charge in [0.2, 0.25) is 0 Å². The monoisotopic (exact) mass is 971 g/mol. The minimum Gasteiger partial charge on any atom is -0.479 e. The fourth-order valence-corrected chi connectivity index (χ4v) is 8.48. The number of aliphatic carboxylic acids is 1. The van der Waals surface area contributed by atoms with Gasteiger partial charge in [-0.3, -0.25) is 9.59 Å². The number of rotatable bonds is 33. The quantitative estimate of drug-likeness (QED) is 0.0327. The van der Waals surface area contributed by atoms with E-state index in [2.05, 4.69) is 6.92 Å². The minimum atomic E-state index is -1.90. The van der Waals surface area contributed by atoms with E-state index in [4.69, 9.17) is 43.0 Å². The van der Waals surface area contributed by atoms with Crippen LogP contribution in [-0.4, -0.2) is 193 Å². The van der Waals surface area contributed by atoms with Crippen LogP contribution in [0.1, 0.15) is 149 Å². The van der Waals surface area contributed by atoms with Gasteiger partial charge in [0.25, 0.3) is 0 Å². The fraction of sp³-hybridized carbons (Fsp3) is 0.935. The minimum absolute atomic E-state index is 0.275. The molecule has 21 nitrogen and oxygen atoms in total. The molecule has 17 unspecified atom stereocenters. The summed E-state index contributed by atoms with van der Waals surface area (Å²) >= 11 is 0. The Morgan fingerprint density at radius 1 is 0.567 bits per heavy atom. The maximum absolute atomic E-state index is 12.0. The van der Waals surface area contributed by atoms with E-state index in [9.17, 15) is 60.3 Å². The molecule has 21 heteroatoms. The van der Waals surface area contributed by atoms with Gasteiger partial charge in [0.1, 0.15) is 61.5 Å². The number of carbonyl (C=O) groups excluding carboxylic acids is 2. The van der Waals surface area contributed by atoms with E-state index >= 15 is 0 Å². The second kappa shape index (κ2) is 31.9. The van der Waals surface area contributed by atoms with E-state index in [0.717, 1.165) is 97.3 Å². The lowest BCUT2D eigenvalue weighted by Gasteiger charge is -2.46. The molecule has 0 bridgehead atoms. The molecule has 0 aromatic heterocycles. The third-order valence-corrected chi connectivity index (χ3v) is 12.5. The summed E-state index contributed by atoms with van der Waals surface area (Å²) in [5.41, 5.74) is 0. The average molecular weight is 971 g/mol. The summed E-state index contributed by atoms with van der Waals surface area (Å²) < 4.78 is 46.1. The third kappa shape index (κ3) is 21.0. The number of aliphatic hydroxyl groups is 9. The number of carbonyl (C=O) groups is 3. The van der Waals surface area contributed by atoms with Gasteiger partial charge >= 0.3 is 17.9 Å². The van der Waals surface area contributed by atoms with E-state index in [1.54, 1.807) is 0 Å². The van der Waals surface area contributed by atoms with Crippen molar-refractivity contribution < 1.29 is 103 Å². The van der Waals surface area contributed by atoms with Crippen LogP contribution in [0.5, 0.6) is 0 Å². The summed E-state index contributed by atoms with van der Waals surface area (Å²) in [4.78, 5) is 34.1. The van der Waals surface area contributed by atoms with Crippen LogP contribution in [0.2, 0.25) is 0 Å². The van der Waals surface area contributed by atoms with Crippen molar-refractivity contribution in [2.24, 2.45) is 0 Å². The molecule has 3 aliphatic heterocycles. The van der Waals surface area contributed by atoms with Gasteiger partial charge < -0.3 is 89.0 Å². The zero-order valence-electron chi connectivity index (χ0n) is 39.5. The Hall–Kier alpha value is -2.19. The van der Waals surface area contributed by atoms with Gasteiger partial charge in [0.05, 0.1) is 31.5 Å². The number of ether oxygens (including phenoxy) is 8. The molecule has 0 aliphatic carbocycles. The highest BCUT2D eigenvalue weighted by atomic mass is 16.8. The lowest BCUT2D eigenvalue weighted by atomic mass is 9.98. The molecule has 0 aromatic carbocycles. The highest BCUT2D eigenvalue weighted by Gasteiger charge is 2.52. The highest BCUT2D eigenvalue weighted by molar-refractivity contribution is 5.71. The molecule has 392 valence electrons. The first kappa shape index (κ1) is 59.1. The molecule has 3 fully saturated rings. The summed E-state index contributed by atoms with van der Waals surface area (Å²) in [6, 6.07) is 0. The molecule has 3 heterocycles. The van der Waals surface area contributed by atoms with Crippen LogP contribution in [0.3, 0.4) is 0 Å². The normalized spacial score (nSPS) is 32.0. The third-order valence-electron chi connectivity index (χ3n) is 12.5. The van der Waals surface area contributed by atoms with Gasteiger partial charge in [0.15, 0.2) is 31.1 Å². The Kier molecular flexibility index (Phi) is 28.2. The number of carboxylic acids is 1. The molecule has 3 rings (SSSR count). The van der Waals surface area contributed by atoms with Crippen LogP contribution in [0.15, 0.2) is 0 Å². The Balaban J connectivity index is 1.56. The van der Waals surface area contributed by atoms with Gasteiger partial charge in [-0.2, -0.15) is 0 Å². The highest BCUT2D eigenvalue weighted by Crippen LogP contribution is 2.32. The standard InChI is InChI=1S/C46H82O21/c1-4-5-15-19-29(20-18-23-31(50)30(49)21-16-13-11-9-7-6-8-10-12-14-17-22-32(51)43(58)59)64-45-42(38(55)35(26-62-45)63-28(3)48)67-46-41(36(53)33(52)24-61-46)66-44-40(57)39(56)37(54)34(65-44)25-60-27(2)47/h29-42,44-46,49-57H,4-26H2,1-3H3,(H,58,59). The number of carboxylic acid groups (broad SMARTS) is 1. The second-order valence-electron chi connectivity index (χ2n) is 18.3. The van der Waals surface area contributed by atoms with Crippen molar-refractivity contribution in [3.05, 3.63) is 0 Å². The zero-order valence-corrected chi connectivity index (χ0v) is 39.5. The van der Waals surface area contributed by atoms with E-state index in [-0.39, 0.29) is 13.0 Å². The molecular weight excluding hydrogens is 888 g/mol. The van der Waals surface area contributed by atoms with Crippen LogP contribution in [0.4, 0.5) is 0 Å². The van der Waals surface area contributed by atoms with Crippen LogP contribution in [0, 0.1) is 0 Å². The average Bonchev–Trinajstić information content (AvgIpc) is 3.28. The molecule has 0 aromatic rings. The van der Waals surface area contributed by atoms with Crippen molar-refractivity contribution in [3.8, 4) is 0 Å². The number of esters is 2. The Labute approximate surface area is 393 Å². The summed E-state index contributed by atoms with van der Waals surface area (Å²) in [5, 5.41) is 105. The van der Waals surface area contributed by atoms with Crippen molar-refractivity contribution in [1.29, 1.82) is 0 Å². The molecule has 10 N–H and O–H groups in total.